The van der Waals surface area contributed by atoms with Crippen molar-refractivity contribution in [3.63, 3.8) is 0 Å². The summed E-state index contributed by atoms with van der Waals surface area (Å²) in [4.78, 5) is 15.4. The molecule has 1 aromatic rings. The molecule has 72 valence electrons. The molecule has 0 aliphatic carbocycles. The number of rotatable bonds is 3. The summed E-state index contributed by atoms with van der Waals surface area (Å²) >= 11 is 6.44. The average molecular weight is 311 g/mol. The minimum absolute atomic E-state index is 0.152. The standard InChI is InChI=1S/C7H9Br2N3O/c1-12-4-5(11-7(12)9)6(13)10-3-2-8/h4H,2-3H2,1H3,(H,10,13). The zero-order valence-corrected chi connectivity index (χ0v) is 10.2. The fraction of sp³-hybridized carbons (Fsp3) is 0.429. The van der Waals surface area contributed by atoms with Gasteiger partial charge in [-0.05, 0) is 15.9 Å². The Kier molecular flexibility index (Phi) is 3.92. The average Bonchev–Trinajstić information content (AvgIpc) is 2.43. The Hall–Kier alpha value is -0.360. The summed E-state index contributed by atoms with van der Waals surface area (Å²) in [5.74, 6) is -0.152. The molecule has 0 fully saturated rings. The van der Waals surface area contributed by atoms with Crippen LogP contribution in [0.3, 0.4) is 0 Å². The summed E-state index contributed by atoms with van der Waals surface area (Å²) in [5, 5.41) is 3.45. The maximum atomic E-state index is 11.3. The first kappa shape index (κ1) is 10.7. The van der Waals surface area contributed by atoms with Gasteiger partial charge < -0.3 is 9.88 Å². The molecule has 0 atom stereocenters. The van der Waals surface area contributed by atoms with E-state index in [2.05, 4.69) is 42.2 Å². The highest BCUT2D eigenvalue weighted by atomic mass is 79.9. The predicted octanol–water partition coefficient (Wildman–Crippen LogP) is 1.31. The second kappa shape index (κ2) is 4.76. The number of alkyl halides is 1. The lowest BCUT2D eigenvalue weighted by Crippen LogP contribution is -2.25. The Morgan fingerprint density at radius 2 is 2.46 bits per heavy atom. The summed E-state index contributed by atoms with van der Waals surface area (Å²) in [6, 6.07) is 0. The minimum Gasteiger partial charge on any atom is -0.350 e. The van der Waals surface area contributed by atoms with Crippen molar-refractivity contribution < 1.29 is 4.79 Å². The number of aryl methyl sites for hydroxylation is 1. The second-order valence-electron chi connectivity index (χ2n) is 2.45. The molecule has 0 aliphatic rings. The van der Waals surface area contributed by atoms with E-state index in [1.165, 1.54) is 0 Å². The monoisotopic (exact) mass is 309 g/mol. The number of nitrogens with one attached hydrogen (secondary N) is 1. The molecule has 0 radical (unpaired) electrons. The molecule has 0 spiro atoms. The molecule has 13 heavy (non-hydrogen) atoms. The minimum atomic E-state index is -0.152. The van der Waals surface area contributed by atoms with Gasteiger partial charge in [-0.2, -0.15) is 0 Å². The van der Waals surface area contributed by atoms with Crippen LogP contribution >= 0.6 is 31.9 Å². The van der Waals surface area contributed by atoms with Crippen molar-refractivity contribution in [2.24, 2.45) is 7.05 Å². The number of carbonyl (C=O) groups excluding carboxylic acids is 1. The van der Waals surface area contributed by atoms with Crippen LogP contribution in [0.5, 0.6) is 0 Å². The molecule has 1 N–H and O–H groups in total. The lowest BCUT2D eigenvalue weighted by Gasteiger charge is -1.97. The number of amides is 1. The number of hydrogen-bond donors (Lipinski definition) is 1. The van der Waals surface area contributed by atoms with Crippen LogP contribution in [-0.2, 0) is 7.05 Å². The number of aromatic nitrogens is 2. The molecule has 1 heterocycles. The molecule has 0 saturated heterocycles. The fourth-order valence-electron chi connectivity index (χ4n) is 0.805. The van der Waals surface area contributed by atoms with Crippen molar-refractivity contribution in [3.8, 4) is 0 Å². The third kappa shape index (κ3) is 2.80. The molecule has 4 nitrogen and oxygen atoms in total. The van der Waals surface area contributed by atoms with Gasteiger partial charge in [0.05, 0.1) is 0 Å². The van der Waals surface area contributed by atoms with Crippen LogP contribution in [0.2, 0.25) is 0 Å². The maximum Gasteiger partial charge on any atom is 0.271 e. The van der Waals surface area contributed by atoms with Crippen molar-refractivity contribution in [3.05, 3.63) is 16.6 Å². The molecule has 6 heteroatoms. The molecule has 0 aromatic carbocycles. The molecule has 0 bridgehead atoms. The van der Waals surface area contributed by atoms with Gasteiger partial charge in [0.1, 0.15) is 5.69 Å². The van der Waals surface area contributed by atoms with Crippen LogP contribution in [0, 0.1) is 0 Å². The van der Waals surface area contributed by atoms with Gasteiger partial charge in [0.15, 0.2) is 4.73 Å². The molecular weight excluding hydrogens is 302 g/mol. The van der Waals surface area contributed by atoms with E-state index in [0.29, 0.717) is 17.0 Å². The van der Waals surface area contributed by atoms with Gasteiger partial charge in [-0.25, -0.2) is 4.98 Å². The van der Waals surface area contributed by atoms with Gasteiger partial charge in [0, 0.05) is 25.1 Å². The largest absolute Gasteiger partial charge is 0.350 e. The van der Waals surface area contributed by atoms with Crippen molar-refractivity contribution in [1.82, 2.24) is 14.9 Å². The van der Waals surface area contributed by atoms with Crippen molar-refractivity contribution >= 4 is 37.8 Å². The van der Waals surface area contributed by atoms with Gasteiger partial charge in [0.2, 0.25) is 0 Å². The maximum absolute atomic E-state index is 11.3. The summed E-state index contributed by atoms with van der Waals surface area (Å²) in [6.07, 6.45) is 1.67. The summed E-state index contributed by atoms with van der Waals surface area (Å²) in [5.41, 5.74) is 0.426. The van der Waals surface area contributed by atoms with Crippen molar-refractivity contribution in [2.75, 3.05) is 11.9 Å². The summed E-state index contributed by atoms with van der Waals surface area (Å²) in [7, 11) is 1.82. The lowest BCUT2D eigenvalue weighted by molar-refractivity contribution is 0.0951. The highest BCUT2D eigenvalue weighted by Crippen LogP contribution is 2.07. The third-order valence-electron chi connectivity index (χ3n) is 1.43. The quantitative estimate of drug-likeness (QED) is 0.856. The molecule has 1 rings (SSSR count). The van der Waals surface area contributed by atoms with Crippen LogP contribution in [0.4, 0.5) is 0 Å². The smallest absolute Gasteiger partial charge is 0.271 e. The number of hydrogen-bond acceptors (Lipinski definition) is 2. The van der Waals surface area contributed by atoms with Crippen LogP contribution < -0.4 is 5.32 Å². The first-order chi connectivity index (χ1) is 6.15. The van der Waals surface area contributed by atoms with E-state index in [1.807, 2.05) is 7.05 Å². The fourth-order valence-corrected chi connectivity index (χ4v) is 1.30. The molecule has 0 saturated carbocycles. The first-order valence-electron chi connectivity index (χ1n) is 3.68. The zero-order valence-electron chi connectivity index (χ0n) is 7.05. The Morgan fingerprint density at radius 1 is 1.77 bits per heavy atom. The van der Waals surface area contributed by atoms with Crippen molar-refractivity contribution in [2.45, 2.75) is 0 Å². The SMILES string of the molecule is Cn1cc(C(=O)NCCBr)nc1Br. The molecular formula is C7H9Br2N3O. The highest BCUT2D eigenvalue weighted by molar-refractivity contribution is 9.10. The number of nitrogens with zero attached hydrogens (tertiary/aromatic N) is 2. The van der Waals surface area contributed by atoms with Crippen molar-refractivity contribution in [1.29, 1.82) is 0 Å². The third-order valence-corrected chi connectivity index (χ3v) is 2.57. The van der Waals surface area contributed by atoms with Gasteiger partial charge in [-0.15, -0.1) is 0 Å². The van der Waals surface area contributed by atoms with Gasteiger partial charge in [-0.3, -0.25) is 4.79 Å². The predicted molar refractivity (Wildman–Crippen MR) is 57.0 cm³/mol. The number of imidazole rings is 1. The van der Waals surface area contributed by atoms with E-state index < -0.39 is 0 Å². The van der Waals surface area contributed by atoms with Crippen LogP contribution in [0.1, 0.15) is 10.5 Å². The van der Waals surface area contributed by atoms with E-state index in [-0.39, 0.29) is 5.91 Å². The molecule has 1 amide bonds. The Morgan fingerprint density at radius 3 is 2.92 bits per heavy atom. The lowest BCUT2D eigenvalue weighted by atomic mass is 10.4. The second-order valence-corrected chi connectivity index (χ2v) is 3.95. The van der Waals surface area contributed by atoms with Gasteiger partial charge in [0.25, 0.3) is 5.91 Å². The molecule has 0 aliphatic heterocycles. The number of halogens is 2. The van der Waals surface area contributed by atoms with E-state index in [0.717, 1.165) is 5.33 Å². The Bertz CT molecular complexity index is 291. The van der Waals surface area contributed by atoms with E-state index in [4.69, 9.17) is 0 Å². The Balaban J connectivity index is 2.66. The first-order valence-corrected chi connectivity index (χ1v) is 5.59. The van der Waals surface area contributed by atoms with Crippen LogP contribution in [0.25, 0.3) is 0 Å². The molecule has 1 aromatic heterocycles. The molecule has 0 unspecified atom stereocenters. The van der Waals surface area contributed by atoms with E-state index in [9.17, 15) is 4.79 Å². The van der Waals surface area contributed by atoms with Crippen LogP contribution in [-0.4, -0.2) is 27.3 Å². The number of carbonyl (C=O) groups is 1. The Labute approximate surface area is 93.0 Å². The van der Waals surface area contributed by atoms with Gasteiger partial charge in [-0.1, -0.05) is 15.9 Å². The zero-order chi connectivity index (χ0) is 9.84. The highest BCUT2D eigenvalue weighted by Gasteiger charge is 2.09. The topological polar surface area (TPSA) is 46.9 Å². The van der Waals surface area contributed by atoms with Gasteiger partial charge >= 0.3 is 0 Å². The summed E-state index contributed by atoms with van der Waals surface area (Å²) < 4.78 is 2.39. The normalized spacial score (nSPS) is 10.1. The van der Waals surface area contributed by atoms with E-state index in [1.54, 1.807) is 10.8 Å². The van der Waals surface area contributed by atoms with E-state index >= 15 is 0 Å². The summed E-state index contributed by atoms with van der Waals surface area (Å²) in [6.45, 7) is 0.604. The van der Waals surface area contributed by atoms with Crippen LogP contribution in [0.15, 0.2) is 10.9 Å².